The summed E-state index contributed by atoms with van der Waals surface area (Å²) in [5.41, 5.74) is 3.29. The quantitative estimate of drug-likeness (QED) is 0.360. The van der Waals surface area contributed by atoms with Gasteiger partial charge in [-0.3, -0.25) is 14.0 Å². The number of aromatic nitrogens is 4. The average molecular weight is 397 g/mol. The van der Waals surface area contributed by atoms with Crippen LogP contribution < -0.4 is 5.56 Å². The first-order valence-corrected chi connectivity index (χ1v) is 10.7. The summed E-state index contributed by atoms with van der Waals surface area (Å²) in [5.74, 6) is 0.768. The number of rotatable bonds is 6. The molecule has 4 aromatic rings. The molecule has 138 valence electrons. The summed E-state index contributed by atoms with van der Waals surface area (Å²) >= 11 is 3.25. The van der Waals surface area contributed by atoms with Crippen LogP contribution in [0.25, 0.3) is 11.0 Å². The molecule has 0 unspecified atom stereocenters. The Kier molecular flexibility index (Phi) is 5.13. The SMILES string of the molecule is CCn1nc(C)c2nc(SCc3ccccc3)n(Cc3cccs3)c(=O)c21. The summed E-state index contributed by atoms with van der Waals surface area (Å²) in [6.45, 7) is 5.09. The summed E-state index contributed by atoms with van der Waals surface area (Å²) in [7, 11) is 0. The predicted molar refractivity (Wildman–Crippen MR) is 112 cm³/mol. The number of hydrogen-bond acceptors (Lipinski definition) is 5. The van der Waals surface area contributed by atoms with Gasteiger partial charge in [-0.15, -0.1) is 11.3 Å². The van der Waals surface area contributed by atoms with Crippen molar-refractivity contribution in [1.29, 1.82) is 0 Å². The van der Waals surface area contributed by atoms with Gasteiger partial charge in [0.1, 0.15) is 5.52 Å². The summed E-state index contributed by atoms with van der Waals surface area (Å²) < 4.78 is 3.55. The van der Waals surface area contributed by atoms with E-state index in [1.807, 2.05) is 43.5 Å². The van der Waals surface area contributed by atoms with Crippen LogP contribution in [0, 0.1) is 6.92 Å². The molecule has 3 aromatic heterocycles. The Balaban J connectivity index is 1.81. The van der Waals surface area contributed by atoms with E-state index in [9.17, 15) is 4.79 Å². The lowest BCUT2D eigenvalue weighted by Gasteiger charge is -2.12. The third-order valence-corrected chi connectivity index (χ3v) is 6.29. The summed E-state index contributed by atoms with van der Waals surface area (Å²) in [6, 6.07) is 14.3. The number of fused-ring (bicyclic) bond motifs is 1. The van der Waals surface area contributed by atoms with E-state index < -0.39 is 0 Å². The van der Waals surface area contributed by atoms with Crippen LogP contribution in [0.15, 0.2) is 57.8 Å². The molecular formula is C20H20N4OS2. The van der Waals surface area contributed by atoms with Crippen LogP contribution in [0.1, 0.15) is 23.1 Å². The molecule has 4 rings (SSSR count). The molecule has 0 saturated carbocycles. The zero-order valence-corrected chi connectivity index (χ0v) is 16.9. The normalized spacial score (nSPS) is 11.3. The third-order valence-electron chi connectivity index (χ3n) is 4.39. The molecule has 0 bridgehead atoms. The molecule has 0 spiro atoms. The van der Waals surface area contributed by atoms with E-state index in [4.69, 9.17) is 4.98 Å². The highest BCUT2D eigenvalue weighted by atomic mass is 32.2. The van der Waals surface area contributed by atoms with E-state index in [-0.39, 0.29) is 5.56 Å². The second-order valence-electron chi connectivity index (χ2n) is 6.24. The summed E-state index contributed by atoms with van der Waals surface area (Å²) in [4.78, 5) is 19.3. The maximum absolute atomic E-state index is 13.3. The van der Waals surface area contributed by atoms with E-state index in [0.29, 0.717) is 24.1 Å². The van der Waals surface area contributed by atoms with Gasteiger partial charge in [0.15, 0.2) is 10.7 Å². The Labute approximate surface area is 165 Å². The van der Waals surface area contributed by atoms with Gasteiger partial charge in [0.05, 0.1) is 12.2 Å². The predicted octanol–water partition coefficient (Wildman–Crippen LogP) is 4.32. The highest BCUT2D eigenvalue weighted by molar-refractivity contribution is 7.98. The fraction of sp³-hybridized carbons (Fsp3) is 0.250. The maximum atomic E-state index is 13.3. The fourth-order valence-corrected chi connectivity index (χ4v) is 4.69. The Hall–Kier alpha value is -2.38. The number of benzene rings is 1. The van der Waals surface area contributed by atoms with Crippen LogP contribution in [0.2, 0.25) is 0 Å². The van der Waals surface area contributed by atoms with Gasteiger partial charge in [0.25, 0.3) is 5.56 Å². The smallest absolute Gasteiger partial charge is 0.280 e. The molecule has 0 aliphatic rings. The van der Waals surface area contributed by atoms with E-state index >= 15 is 0 Å². The summed E-state index contributed by atoms with van der Waals surface area (Å²) in [5, 5.41) is 7.27. The first kappa shape index (κ1) is 18.0. The summed E-state index contributed by atoms with van der Waals surface area (Å²) in [6.07, 6.45) is 0. The molecule has 27 heavy (non-hydrogen) atoms. The third kappa shape index (κ3) is 3.57. The molecule has 0 fully saturated rings. The van der Waals surface area contributed by atoms with Crippen molar-refractivity contribution in [3.8, 4) is 0 Å². The Morgan fingerprint density at radius 1 is 1.15 bits per heavy atom. The van der Waals surface area contributed by atoms with Crippen LogP contribution >= 0.6 is 23.1 Å². The van der Waals surface area contributed by atoms with Crippen molar-refractivity contribution >= 4 is 34.1 Å². The van der Waals surface area contributed by atoms with Crippen LogP contribution in [0.4, 0.5) is 0 Å². The molecule has 1 aromatic carbocycles. The molecule has 5 nitrogen and oxygen atoms in total. The molecule has 0 aliphatic carbocycles. The minimum atomic E-state index is -0.0218. The Bertz CT molecular complexity index is 1110. The van der Waals surface area contributed by atoms with Gasteiger partial charge in [-0.2, -0.15) is 5.10 Å². The molecule has 0 radical (unpaired) electrons. The van der Waals surface area contributed by atoms with Crippen LogP contribution in [0.5, 0.6) is 0 Å². The van der Waals surface area contributed by atoms with Crippen molar-refractivity contribution < 1.29 is 0 Å². The Morgan fingerprint density at radius 3 is 2.67 bits per heavy atom. The maximum Gasteiger partial charge on any atom is 0.280 e. The lowest BCUT2D eigenvalue weighted by Crippen LogP contribution is -2.25. The standard InChI is InChI=1S/C20H20N4OS2/c1-3-24-18-17(14(2)22-24)21-20(27-13-15-8-5-4-6-9-15)23(19(18)25)12-16-10-7-11-26-16/h4-11H,3,12-13H2,1-2H3. The molecule has 0 atom stereocenters. The number of thiophene rings is 1. The van der Waals surface area contributed by atoms with Crippen molar-refractivity contribution in [3.63, 3.8) is 0 Å². The van der Waals surface area contributed by atoms with Crippen molar-refractivity contribution in [3.05, 3.63) is 74.3 Å². The topological polar surface area (TPSA) is 52.7 Å². The van der Waals surface area contributed by atoms with Gasteiger partial charge < -0.3 is 0 Å². The first-order chi connectivity index (χ1) is 13.2. The molecule has 7 heteroatoms. The molecular weight excluding hydrogens is 376 g/mol. The monoisotopic (exact) mass is 396 g/mol. The molecule has 0 amide bonds. The van der Waals surface area contributed by atoms with E-state index in [1.165, 1.54) is 5.56 Å². The lowest BCUT2D eigenvalue weighted by atomic mass is 10.2. The second kappa shape index (κ2) is 7.70. The minimum absolute atomic E-state index is 0.0218. The van der Waals surface area contributed by atoms with Crippen molar-refractivity contribution in [1.82, 2.24) is 19.3 Å². The number of nitrogens with zero attached hydrogens (tertiary/aromatic N) is 4. The highest BCUT2D eigenvalue weighted by Crippen LogP contribution is 2.24. The fourth-order valence-electron chi connectivity index (χ4n) is 3.05. The van der Waals surface area contributed by atoms with Crippen molar-refractivity contribution in [2.75, 3.05) is 0 Å². The van der Waals surface area contributed by atoms with E-state index in [2.05, 4.69) is 23.3 Å². The van der Waals surface area contributed by atoms with Gasteiger partial charge in [-0.25, -0.2) is 4.98 Å². The van der Waals surface area contributed by atoms with Crippen LogP contribution in [-0.2, 0) is 18.8 Å². The van der Waals surface area contributed by atoms with Crippen molar-refractivity contribution in [2.45, 2.75) is 37.8 Å². The molecule has 0 saturated heterocycles. The largest absolute Gasteiger partial charge is 0.280 e. The zero-order valence-electron chi connectivity index (χ0n) is 15.3. The molecule has 0 N–H and O–H groups in total. The average Bonchev–Trinajstić information content (AvgIpc) is 3.31. The van der Waals surface area contributed by atoms with Gasteiger partial charge in [0.2, 0.25) is 0 Å². The first-order valence-electron chi connectivity index (χ1n) is 8.84. The van der Waals surface area contributed by atoms with Gasteiger partial charge in [0, 0.05) is 17.2 Å². The van der Waals surface area contributed by atoms with E-state index in [1.54, 1.807) is 32.3 Å². The zero-order chi connectivity index (χ0) is 18.8. The van der Waals surface area contributed by atoms with Gasteiger partial charge in [-0.1, -0.05) is 48.2 Å². The molecule has 3 heterocycles. The second-order valence-corrected chi connectivity index (χ2v) is 8.21. The lowest BCUT2D eigenvalue weighted by molar-refractivity contribution is 0.640. The number of aryl methyl sites for hydroxylation is 2. The Morgan fingerprint density at radius 2 is 1.96 bits per heavy atom. The van der Waals surface area contributed by atoms with Crippen LogP contribution in [-0.4, -0.2) is 19.3 Å². The van der Waals surface area contributed by atoms with E-state index in [0.717, 1.165) is 21.5 Å². The molecule has 0 aliphatic heterocycles. The number of hydrogen-bond donors (Lipinski definition) is 0. The van der Waals surface area contributed by atoms with Crippen molar-refractivity contribution in [2.24, 2.45) is 0 Å². The van der Waals surface area contributed by atoms with Gasteiger partial charge in [-0.05, 0) is 30.9 Å². The minimum Gasteiger partial charge on any atom is -0.280 e. The number of thioether (sulfide) groups is 1. The van der Waals surface area contributed by atoms with Crippen LogP contribution in [0.3, 0.4) is 0 Å². The van der Waals surface area contributed by atoms with Gasteiger partial charge >= 0.3 is 0 Å². The highest BCUT2D eigenvalue weighted by Gasteiger charge is 2.18.